The van der Waals surface area contributed by atoms with Crippen LogP contribution in [0, 0.1) is 13.8 Å². The molecule has 0 saturated carbocycles. The van der Waals surface area contributed by atoms with E-state index >= 15 is 0 Å². The Labute approximate surface area is 148 Å². The first-order valence-corrected chi connectivity index (χ1v) is 9.21. The van der Waals surface area contributed by atoms with Gasteiger partial charge in [0.05, 0.1) is 10.1 Å². The van der Waals surface area contributed by atoms with E-state index in [1.165, 1.54) is 23.1 Å². The molecule has 3 rings (SSSR count). The molecule has 7 heteroatoms. The Morgan fingerprint density at radius 2 is 1.96 bits per heavy atom. The molecule has 1 amide bonds. The summed E-state index contributed by atoms with van der Waals surface area (Å²) >= 11 is 2.79. The molecule has 0 aliphatic carbocycles. The Kier molecular flexibility index (Phi) is 5.01. The van der Waals surface area contributed by atoms with Crippen LogP contribution in [0.3, 0.4) is 0 Å². The number of thiophene rings is 1. The summed E-state index contributed by atoms with van der Waals surface area (Å²) in [6.07, 6.45) is 0. The van der Waals surface area contributed by atoms with Gasteiger partial charge in [-0.2, -0.15) is 0 Å². The highest BCUT2D eigenvalue weighted by Gasteiger charge is 2.20. The SMILES string of the molecule is Cc1cccc(C)c1NC(=O)[C@@H](C)Sc1nnc(-c2cccs2)o1. The van der Waals surface area contributed by atoms with Gasteiger partial charge in [-0.3, -0.25) is 4.79 Å². The number of carbonyl (C=O) groups is 1. The number of nitrogens with zero attached hydrogens (tertiary/aromatic N) is 2. The minimum absolute atomic E-state index is 0.0896. The smallest absolute Gasteiger partial charge is 0.277 e. The van der Waals surface area contributed by atoms with Crippen molar-refractivity contribution in [1.82, 2.24) is 10.2 Å². The molecular weight excluding hydrogens is 342 g/mol. The van der Waals surface area contributed by atoms with Gasteiger partial charge in [0.2, 0.25) is 5.91 Å². The van der Waals surface area contributed by atoms with Crippen LogP contribution in [0.2, 0.25) is 0 Å². The molecule has 0 bridgehead atoms. The molecule has 5 nitrogen and oxygen atoms in total. The van der Waals surface area contributed by atoms with Gasteiger partial charge in [-0.15, -0.1) is 21.5 Å². The van der Waals surface area contributed by atoms with Crippen LogP contribution < -0.4 is 5.32 Å². The summed E-state index contributed by atoms with van der Waals surface area (Å²) in [6.45, 7) is 5.78. The standard InChI is InChI=1S/C17H17N3O2S2/c1-10-6-4-7-11(2)14(10)18-15(21)12(3)24-17-20-19-16(22-17)13-8-5-9-23-13/h4-9,12H,1-3H3,(H,18,21)/t12-/m1/s1. The molecule has 1 N–H and O–H groups in total. The summed E-state index contributed by atoms with van der Waals surface area (Å²) in [5.41, 5.74) is 2.94. The van der Waals surface area contributed by atoms with E-state index in [0.29, 0.717) is 11.1 Å². The summed E-state index contributed by atoms with van der Waals surface area (Å²) in [4.78, 5) is 13.4. The third-order valence-electron chi connectivity index (χ3n) is 3.51. The Bertz CT molecular complexity index is 823. The van der Waals surface area contributed by atoms with Gasteiger partial charge in [0.15, 0.2) is 0 Å². The molecule has 1 aromatic carbocycles. The number of aryl methyl sites for hydroxylation is 2. The lowest BCUT2D eigenvalue weighted by Crippen LogP contribution is -2.23. The number of hydrogen-bond acceptors (Lipinski definition) is 6. The first-order chi connectivity index (χ1) is 11.5. The molecule has 124 valence electrons. The quantitative estimate of drug-likeness (QED) is 0.678. The zero-order valence-corrected chi connectivity index (χ0v) is 15.2. The van der Waals surface area contributed by atoms with E-state index in [2.05, 4.69) is 15.5 Å². The molecule has 0 unspecified atom stereocenters. The Morgan fingerprint density at radius 1 is 1.21 bits per heavy atom. The number of benzene rings is 1. The molecule has 0 saturated heterocycles. The minimum atomic E-state index is -0.347. The van der Waals surface area contributed by atoms with E-state index in [1.807, 2.05) is 56.5 Å². The summed E-state index contributed by atoms with van der Waals surface area (Å²) in [5, 5.41) is 13.0. The topological polar surface area (TPSA) is 68.0 Å². The first-order valence-electron chi connectivity index (χ1n) is 7.45. The molecule has 0 aliphatic heterocycles. The van der Waals surface area contributed by atoms with Gasteiger partial charge in [0.25, 0.3) is 11.1 Å². The number of amides is 1. The van der Waals surface area contributed by atoms with Crippen LogP contribution in [0.25, 0.3) is 10.8 Å². The highest BCUT2D eigenvalue weighted by atomic mass is 32.2. The van der Waals surface area contributed by atoms with Gasteiger partial charge >= 0.3 is 0 Å². The molecule has 24 heavy (non-hydrogen) atoms. The fraction of sp³-hybridized carbons (Fsp3) is 0.235. The van der Waals surface area contributed by atoms with E-state index in [0.717, 1.165) is 21.7 Å². The monoisotopic (exact) mass is 359 g/mol. The van der Waals surface area contributed by atoms with Crippen LogP contribution in [0.4, 0.5) is 5.69 Å². The molecule has 0 aliphatic rings. The molecule has 2 heterocycles. The minimum Gasteiger partial charge on any atom is -0.410 e. The maximum Gasteiger partial charge on any atom is 0.277 e. The number of para-hydroxylation sites is 1. The van der Waals surface area contributed by atoms with Crippen molar-refractivity contribution in [1.29, 1.82) is 0 Å². The number of carbonyl (C=O) groups excluding carboxylic acids is 1. The number of nitrogens with one attached hydrogen (secondary N) is 1. The van der Waals surface area contributed by atoms with Crippen LogP contribution in [-0.4, -0.2) is 21.4 Å². The number of anilines is 1. The van der Waals surface area contributed by atoms with Crippen molar-refractivity contribution >= 4 is 34.7 Å². The van der Waals surface area contributed by atoms with Crippen LogP contribution in [0.5, 0.6) is 0 Å². The molecule has 1 atom stereocenters. The van der Waals surface area contributed by atoms with E-state index in [-0.39, 0.29) is 11.2 Å². The van der Waals surface area contributed by atoms with E-state index in [1.54, 1.807) is 0 Å². The van der Waals surface area contributed by atoms with Crippen molar-refractivity contribution in [2.75, 3.05) is 5.32 Å². The van der Waals surface area contributed by atoms with Gasteiger partial charge in [-0.1, -0.05) is 36.0 Å². The average molecular weight is 359 g/mol. The fourth-order valence-corrected chi connectivity index (χ4v) is 3.53. The van der Waals surface area contributed by atoms with Crippen molar-refractivity contribution in [3.8, 4) is 10.8 Å². The Hall–Kier alpha value is -2.12. The van der Waals surface area contributed by atoms with E-state index in [4.69, 9.17) is 4.42 Å². The van der Waals surface area contributed by atoms with Gasteiger partial charge in [0.1, 0.15) is 0 Å². The van der Waals surface area contributed by atoms with Gasteiger partial charge in [-0.05, 0) is 43.3 Å². The second-order valence-corrected chi connectivity index (χ2v) is 7.61. The number of rotatable bonds is 5. The third kappa shape index (κ3) is 3.68. The highest BCUT2D eigenvalue weighted by molar-refractivity contribution is 8.00. The molecule has 0 radical (unpaired) electrons. The number of thioether (sulfide) groups is 1. The van der Waals surface area contributed by atoms with Crippen molar-refractivity contribution < 1.29 is 9.21 Å². The highest BCUT2D eigenvalue weighted by Crippen LogP contribution is 2.29. The molecule has 2 aromatic heterocycles. The fourth-order valence-electron chi connectivity index (χ4n) is 2.20. The largest absolute Gasteiger partial charge is 0.410 e. The predicted molar refractivity (Wildman–Crippen MR) is 97.5 cm³/mol. The average Bonchev–Trinajstić information content (AvgIpc) is 3.21. The Morgan fingerprint density at radius 3 is 2.62 bits per heavy atom. The number of hydrogen-bond donors (Lipinski definition) is 1. The second kappa shape index (κ2) is 7.19. The Balaban J connectivity index is 1.66. The zero-order chi connectivity index (χ0) is 17.1. The normalized spacial score (nSPS) is 12.1. The van der Waals surface area contributed by atoms with Crippen LogP contribution in [-0.2, 0) is 4.79 Å². The van der Waals surface area contributed by atoms with Gasteiger partial charge < -0.3 is 9.73 Å². The summed E-state index contributed by atoms with van der Waals surface area (Å²) in [5.74, 6) is 0.392. The first kappa shape index (κ1) is 16.7. The molecular formula is C17H17N3O2S2. The number of aromatic nitrogens is 2. The van der Waals surface area contributed by atoms with Crippen LogP contribution in [0.1, 0.15) is 18.1 Å². The van der Waals surface area contributed by atoms with Crippen molar-refractivity contribution in [3.05, 3.63) is 46.8 Å². The molecule has 0 fully saturated rings. The second-order valence-electron chi connectivity index (χ2n) is 5.37. The molecule has 3 aromatic rings. The maximum absolute atomic E-state index is 12.4. The van der Waals surface area contributed by atoms with Crippen LogP contribution >= 0.6 is 23.1 Å². The lowest BCUT2D eigenvalue weighted by Gasteiger charge is -2.14. The third-order valence-corrected chi connectivity index (χ3v) is 5.31. The summed E-state index contributed by atoms with van der Waals surface area (Å²) in [7, 11) is 0. The van der Waals surface area contributed by atoms with Gasteiger partial charge in [0, 0.05) is 5.69 Å². The summed E-state index contributed by atoms with van der Waals surface area (Å²) < 4.78 is 5.62. The maximum atomic E-state index is 12.4. The zero-order valence-electron chi connectivity index (χ0n) is 13.6. The van der Waals surface area contributed by atoms with Gasteiger partial charge in [-0.25, -0.2) is 0 Å². The molecule has 0 spiro atoms. The predicted octanol–water partition coefficient (Wildman–Crippen LogP) is 4.53. The van der Waals surface area contributed by atoms with Crippen molar-refractivity contribution in [2.45, 2.75) is 31.2 Å². The lowest BCUT2D eigenvalue weighted by molar-refractivity contribution is -0.115. The van der Waals surface area contributed by atoms with E-state index in [9.17, 15) is 4.79 Å². The summed E-state index contributed by atoms with van der Waals surface area (Å²) in [6, 6.07) is 9.78. The lowest BCUT2D eigenvalue weighted by atomic mass is 10.1. The van der Waals surface area contributed by atoms with Crippen molar-refractivity contribution in [3.63, 3.8) is 0 Å². The van der Waals surface area contributed by atoms with Crippen LogP contribution in [0.15, 0.2) is 45.4 Å². The van der Waals surface area contributed by atoms with Crippen molar-refractivity contribution in [2.24, 2.45) is 0 Å². The van der Waals surface area contributed by atoms with E-state index < -0.39 is 0 Å².